The fourth-order valence-electron chi connectivity index (χ4n) is 4.34. The van der Waals surface area contributed by atoms with E-state index in [0.717, 1.165) is 50.2 Å². The molecule has 1 fully saturated rings. The van der Waals surface area contributed by atoms with Crippen molar-refractivity contribution in [2.24, 2.45) is 0 Å². The van der Waals surface area contributed by atoms with Gasteiger partial charge in [0.2, 0.25) is 0 Å². The summed E-state index contributed by atoms with van der Waals surface area (Å²) in [7, 11) is 1.57. The second-order valence-corrected chi connectivity index (χ2v) is 8.36. The van der Waals surface area contributed by atoms with E-state index >= 15 is 0 Å². The van der Waals surface area contributed by atoms with Crippen molar-refractivity contribution in [2.45, 2.75) is 12.8 Å². The predicted molar refractivity (Wildman–Crippen MR) is 127 cm³/mol. The molecule has 1 aliphatic heterocycles. The van der Waals surface area contributed by atoms with Crippen molar-refractivity contribution in [3.63, 3.8) is 0 Å². The summed E-state index contributed by atoms with van der Waals surface area (Å²) >= 11 is 0. The minimum atomic E-state index is -4.76. The van der Waals surface area contributed by atoms with Crippen molar-refractivity contribution in [1.82, 2.24) is 19.9 Å². The van der Waals surface area contributed by atoms with Crippen LogP contribution < -0.4 is 14.2 Å². The van der Waals surface area contributed by atoms with Gasteiger partial charge in [-0.3, -0.25) is 4.90 Å². The maximum atomic E-state index is 12.6. The summed E-state index contributed by atoms with van der Waals surface area (Å²) in [5.41, 5.74) is 2.49. The Morgan fingerprint density at radius 2 is 1.89 bits per heavy atom. The summed E-state index contributed by atoms with van der Waals surface area (Å²) in [5.74, 6) is 0.836. The van der Waals surface area contributed by atoms with Gasteiger partial charge in [-0.1, -0.05) is 0 Å². The summed E-state index contributed by atoms with van der Waals surface area (Å²) < 4.78 is 58.8. The van der Waals surface area contributed by atoms with E-state index in [1.54, 1.807) is 19.4 Å². The summed E-state index contributed by atoms with van der Waals surface area (Å²) in [5, 5.41) is 1.43. The number of halogens is 3. The number of hydrogen-bond acceptors (Lipinski definition) is 7. The highest BCUT2D eigenvalue weighted by Crippen LogP contribution is 2.38. The average Bonchev–Trinajstić information content (AvgIpc) is 3.28. The normalized spacial score (nSPS) is 14.9. The van der Waals surface area contributed by atoms with Crippen LogP contribution in [0.15, 0.2) is 42.9 Å². The van der Waals surface area contributed by atoms with E-state index in [1.165, 1.54) is 18.5 Å². The molecule has 0 atom stereocenters. The van der Waals surface area contributed by atoms with Crippen LogP contribution in [0.3, 0.4) is 0 Å². The van der Waals surface area contributed by atoms with Crippen LogP contribution in [0, 0.1) is 0 Å². The first-order valence-electron chi connectivity index (χ1n) is 11.5. The molecule has 5 rings (SSSR count). The van der Waals surface area contributed by atoms with Crippen molar-refractivity contribution < 1.29 is 32.1 Å². The molecule has 11 heteroatoms. The number of benzene rings is 2. The van der Waals surface area contributed by atoms with Crippen molar-refractivity contribution >= 4 is 21.8 Å². The third kappa shape index (κ3) is 5.31. The molecule has 0 bridgehead atoms. The van der Waals surface area contributed by atoms with Crippen molar-refractivity contribution in [1.29, 1.82) is 0 Å². The standard InChI is InChI=1S/C25H25F3N4O4/c1-33-22-12-18-21(13-23(22)35-8-2-5-32-6-9-34-10-7-32)30-15-31-24(18)19-14-29-20-11-16(3-4-17(19)20)36-25(26,27)28/h3-4,11-15,29H,2,5-10H2,1H3. The van der Waals surface area contributed by atoms with Gasteiger partial charge in [0.15, 0.2) is 11.5 Å². The molecule has 1 saturated heterocycles. The molecular weight excluding hydrogens is 477 g/mol. The minimum absolute atomic E-state index is 0.298. The number of nitrogens with zero attached hydrogens (tertiary/aromatic N) is 3. The van der Waals surface area contributed by atoms with E-state index < -0.39 is 6.36 Å². The second-order valence-electron chi connectivity index (χ2n) is 8.36. The highest BCUT2D eigenvalue weighted by atomic mass is 19.4. The van der Waals surface area contributed by atoms with Crippen LogP contribution in [0.5, 0.6) is 17.2 Å². The van der Waals surface area contributed by atoms with E-state index in [0.29, 0.717) is 40.2 Å². The molecule has 3 heterocycles. The zero-order valence-corrected chi connectivity index (χ0v) is 19.6. The highest BCUT2D eigenvalue weighted by molar-refractivity contribution is 6.03. The molecule has 0 spiro atoms. The van der Waals surface area contributed by atoms with Gasteiger partial charge in [0.25, 0.3) is 0 Å². The van der Waals surface area contributed by atoms with Crippen LogP contribution in [0.4, 0.5) is 13.2 Å². The average molecular weight is 502 g/mol. The van der Waals surface area contributed by atoms with Crippen molar-refractivity contribution in [3.05, 3.63) is 42.9 Å². The molecule has 4 aromatic rings. The Bertz CT molecular complexity index is 1350. The quantitative estimate of drug-likeness (QED) is 0.347. The first-order chi connectivity index (χ1) is 17.4. The minimum Gasteiger partial charge on any atom is -0.493 e. The summed E-state index contributed by atoms with van der Waals surface area (Å²) in [6.07, 6.45) is -0.741. The van der Waals surface area contributed by atoms with Gasteiger partial charge in [0.1, 0.15) is 12.1 Å². The monoisotopic (exact) mass is 502 g/mol. The van der Waals surface area contributed by atoms with Gasteiger partial charge in [0, 0.05) is 59.8 Å². The molecule has 0 saturated carbocycles. The number of nitrogens with one attached hydrogen (secondary N) is 1. The van der Waals surface area contributed by atoms with Crippen LogP contribution in [-0.4, -0.2) is 72.8 Å². The first kappa shape index (κ1) is 24.1. The zero-order valence-electron chi connectivity index (χ0n) is 19.6. The number of ether oxygens (including phenoxy) is 4. The van der Waals surface area contributed by atoms with E-state index in [9.17, 15) is 13.2 Å². The predicted octanol–water partition coefficient (Wildman–Crippen LogP) is 4.79. The highest BCUT2D eigenvalue weighted by Gasteiger charge is 2.31. The van der Waals surface area contributed by atoms with Gasteiger partial charge < -0.3 is 23.9 Å². The smallest absolute Gasteiger partial charge is 0.493 e. The SMILES string of the molecule is COc1cc2c(-c3c[nH]c4cc(OC(F)(F)F)ccc34)ncnc2cc1OCCCN1CCOCC1. The van der Waals surface area contributed by atoms with E-state index in [2.05, 4.69) is 24.6 Å². The van der Waals surface area contributed by atoms with Gasteiger partial charge in [0.05, 0.1) is 38.1 Å². The molecular formula is C25H25F3N4O4. The van der Waals surface area contributed by atoms with Gasteiger partial charge in [-0.05, 0) is 24.6 Å². The Morgan fingerprint density at radius 3 is 2.67 bits per heavy atom. The number of aromatic amines is 1. The Balaban J connectivity index is 1.39. The Morgan fingerprint density at radius 1 is 1.06 bits per heavy atom. The molecule has 36 heavy (non-hydrogen) atoms. The summed E-state index contributed by atoms with van der Waals surface area (Å²) in [6.45, 7) is 4.86. The molecule has 0 aliphatic carbocycles. The summed E-state index contributed by atoms with van der Waals surface area (Å²) in [6, 6.07) is 7.79. The Hall–Kier alpha value is -3.57. The third-order valence-electron chi connectivity index (χ3n) is 6.04. The maximum absolute atomic E-state index is 12.6. The topological polar surface area (TPSA) is 81.7 Å². The summed E-state index contributed by atoms with van der Waals surface area (Å²) in [4.78, 5) is 14.2. The number of morpholine rings is 1. The number of H-pyrrole nitrogens is 1. The molecule has 0 radical (unpaired) electrons. The molecule has 8 nitrogen and oxygen atoms in total. The number of aromatic nitrogens is 3. The fourth-order valence-corrected chi connectivity index (χ4v) is 4.34. The molecule has 2 aromatic carbocycles. The fraction of sp³-hybridized carbons (Fsp3) is 0.360. The molecule has 2 aromatic heterocycles. The molecule has 1 aliphatic rings. The number of fused-ring (bicyclic) bond motifs is 2. The number of alkyl halides is 3. The third-order valence-corrected chi connectivity index (χ3v) is 6.04. The van der Waals surface area contributed by atoms with Gasteiger partial charge >= 0.3 is 6.36 Å². The molecule has 0 amide bonds. The Labute approximate surface area is 204 Å². The lowest BCUT2D eigenvalue weighted by molar-refractivity contribution is -0.274. The largest absolute Gasteiger partial charge is 0.573 e. The van der Waals surface area contributed by atoms with Crippen LogP contribution in [-0.2, 0) is 4.74 Å². The molecule has 190 valence electrons. The first-order valence-corrected chi connectivity index (χ1v) is 11.5. The van der Waals surface area contributed by atoms with Gasteiger partial charge in [-0.2, -0.15) is 0 Å². The van der Waals surface area contributed by atoms with Crippen molar-refractivity contribution in [3.8, 4) is 28.5 Å². The van der Waals surface area contributed by atoms with Crippen molar-refractivity contribution in [2.75, 3.05) is 46.6 Å². The lowest BCUT2D eigenvalue weighted by atomic mass is 10.0. The lowest BCUT2D eigenvalue weighted by Crippen LogP contribution is -2.37. The number of hydrogen-bond donors (Lipinski definition) is 1. The number of rotatable bonds is 8. The lowest BCUT2D eigenvalue weighted by Gasteiger charge is -2.26. The van der Waals surface area contributed by atoms with E-state index in [-0.39, 0.29) is 5.75 Å². The second kappa shape index (κ2) is 10.2. The molecule has 1 N–H and O–H groups in total. The van der Waals surface area contributed by atoms with Crippen LogP contribution >= 0.6 is 0 Å². The van der Waals surface area contributed by atoms with Gasteiger partial charge in [-0.15, -0.1) is 13.2 Å². The maximum Gasteiger partial charge on any atom is 0.573 e. The number of methoxy groups -OCH3 is 1. The van der Waals surface area contributed by atoms with E-state index in [4.69, 9.17) is 14.2 Å². The van der Waals surface area contributed by atoms with Gasteiger partial charge in [-0.25, -0.2) is 9.97 Å². The van der Waals surface area contributed by atoms with Crippen LogP contribution in [0.1, 0.15) is 6.42 Å². The molecule has 0 unspecified atom stereocenters. The Kier molecular flexibility index (Phi) is 6.84. The zero-order chi connectivity index (χ0) is 25.1. The van der Waals surface area contributed by atoms with Crippen LogP contribution in [0.25, 0.3) is 33.1 Å². The van der Waals surface area contributed by atoms with Crippen LogP contribution in [0.2, 0.25) is 0 Å². The van der Waals surface area contributed by atoms with E-state index in [1.807, 2.05) is 12.1 Å².